The van der Waals surface area contributed by atoms with Crippen molar-refractivity contribution in [2.45, 2.75) is 38.3 Å². The van der Waals surface area contributed by atoms with Gasteiger partial charge in [-0.1, -0.05) is 0 Å². The van der Waals surface area contributed by atoms with Gasteiger partial charge in [0.15, 0.2) is 5.13 Å². The number of nitrogens with zero attached hydrogens (tertiary/aromatic N) is 1. The number of aliphatic hydroxyl groups excluding tert-OH is 1. The number of aromatic nitrogens is 1. The normalized spacial score (nSPS) is 20.8. The fourth-order valence-electron chi connectivity index (χ4n) is 2.60. The minimum atomic E-state index is -0.418. The molecule has 1 saturated carbocycles. The Balaban J connectivity index is 1.62. The van der Waals surface area contributed by atoms with Gasteiger partial charge in [-0.3, -0.25) is 4.79 Å². The molecule has 1 aliphatic rings. The molecule has 0 spiro atoms. The van der Waals surface area contributed by atoms with E-state index in [0.717, 1.165) is 35.8 Å². The first-order chi connectivity index (χ1) is 10.6. The Bertz CT molecular complexity index is 654. The minimum absolute atomic E-state index is 0.122. The number of hydrogen-bond acceptors (Lipinski definition) is 5. The van der Waals surface area contributed by atoms with Crippen LogP contribution >= 0.6 is 11.3 Å². The maximum atomic E-state index is 12.2. The van der Waals surface area contributed by atoms with Gasteiger partial charge < -0.3 is 15.7 Å². The molecular formula is C16H19N3O2S. The van der Waals surface area contributed by atoms with E-state index >= 15 is 0 Å². The number of aryl methyl sites for hydroxylation is 1. The van der Waals surface area contributed by atoms with Crippen LogP contribution in [0.1, 0.15) is 35.3 Å². The van der Waals surface area contributed by atoms with Crippen molar-refractivity contribution in [3.63, 3.8) is 0 Å². The first-order valence-electron chi connectivity index (χ1n) is 7.40. The SMILES string of the molecule is Cc1csc(Nc2ccc(C(=O)N[C@H]3CCC[C@@H]3O)cc2)n1. The molecule has 22 heavy (non-hydrogen) atoms. The van der Waals surface area contributed by atoms with E-state index in [9.17, 15) is 9.90 Å². The summed E-state index contributed by atoms with van der Waals surface area (Å²) in [5, 5.41) is 18.7. The van der Waals surface area contributed by atoms with Gasteiger partial charge in [-0.15, -0.1) is 11.3 Å². The molecule has 3 rings (SSSR count). The molecule has 116 valence electrons. The molecule has 1 heterocycles. The van der Waals surface area contributed by atoms with Crippen LogP contribution in [-0.2, 0) is 0 Å². The molecule has 0 unspecified atom stereocenters. The molecule has 0 bridgehead atoms. The zero-order valence-electron chi connectivity index (χ0n) is 12.4. The van der Waals surface area contributed by atoms with Gasteiger partial charge >= 0.3 is 0 Å². The number of carbonyl (C=O) groups is 1. The summed E-state index contributed by atoms with van der Waals surface area (Å²) in [6.45, 7) is 1.95. The van der Waals surface area contributed by atoms with E-state index in [4.69, 9.17) is 0 Å². The number of anilines is 2. The second kappa shape index (κ2) is 6.46. The summed E-state index contributed by atoms with van der Waals surface area (Å²) in [4.78, 5) is 16.5. The molecule has 1 amide bonds. The summed E-state index contributed by atoms with van der Waals surface area (Å²) in [6, 6.07) is 7.15. The molecule has 0 radical (unpaired) electrons. The number of rotatable bonds is 4. The maximum Gasteiger partial charge on any atom is 0.251 e. The van der Waals surface area contributed by atoms with Crippen molar-refractivity contribution < 1.29 is 9.90 Å². The molecular weight excluding hydrogens is 298 g/mol. The van der Waals surface area contributed by atoms with Crippen molar-refractivity contribution in [1.82, 2.24) is 10.3 Å². The lowest BCUT2D eigenvalue weighted by Crippen LogP contribution is -2.39. The van der Waals surface area contributed by atoms with E-state index < -0.39 is 6.10 Å². The largest absolute Gasteiger partial charge is 0.391 e. The van der Waals surface area contributed by atoms with Crippen molar-refractivity contribution in [2.24, 2.45) is 0 Å². The third-order valence-corrected chi connectivity index (χ3v) is 4.69. The van der Waals surface area contributed by atoms with E-state index in [1.807, 2.05) is 24.4 Å². The third kappa shape index (κ3) is 3.45. The summed E-state index contributed by atoms with van der Waals surface area (Å²) in [7, 11) is 0. The van der Waals surface area contributed by atoms with Gasteiger partial charge in [0.25, 0.3) is 5.91 Å². The lowest BCUT2D eigenvalue weighted by atomic mass is 10.1. The quantitative estimate of drug-likeness (QED) is 0.810. The van der Waals surface area contributed by atoms with Gasteiger partial charge in [0.05, 0.1) is 17.8 Å². The summed E-state index contributed by atoms with van der Waals surface area (Å²) < 4.78 is 0. The van der Waals surface area contributed by atoms with Gasteiger partial charge in [-0.05, 0) is 50.5 Å². The predicted octanol–water partition coefficient (Wildman–Crippen LogP) is 2.84. The van der Waals surface area contributed by atoms with Crippen LogP contribution in [0.15, 0.2) is 29.6 Å². The highest BCUT2D eigenvalue weighted by atomic mass is 32.1. The Morgan fingerprint density at radius 1 is 1.32 bits per heavy atom. The Morgan fingerprint density at radius 2 is 2.09 bits per heavy atom. The Morgan fingerprint density at radius 3 is 2.68 bits per heavy atom. The molecule has 1 aromatic carbocycles. The van der Waals surface area contributed by atoms with Crippen molar-refractivity contribution in [3.8, 4) is 0 Å². The van der Waals surface area contributed by atoms with Gasteiger partial charge in [0, 0.05) is 16.6 Å². The first-order valence-corrected chi connectivity index (χ1v) is 8.28. The summed E-state index contributed by atoms with van der Waals surface area (Å²) in [5.41, 5.74) is 2.48. The average molecular weight is 317 g/mol. The first kappa shape index (κ1) is 15.0. The molecule has 2 atom stereocenters. The zero-order chi connectivity index (χ0) is 15.5. The lowest BCUT2D eigenvalue weighted by molar-refractivity contribution is 0.0873. The van der Waals surface area contributed by atoms with E-state index in [1.165, 1.54) is 0 Å². The lowest BCUT2D eigenvalue weighted by Gasteiger charge is -2.16. The van der Waals surface area contributed by atoms with Gasteiger partial charge in [-0.2, -0.15) is 0 Å². The van der Waals surface area contributed by atoms with Gasteiger partial charge in [-0.25, -0.2) is 4.98 Å². The van der Waals surface area contributed by atoms with Crippen molar-refractivity contribution in [3.05, 3.63) is 40.9 Å². The molecule has 5 nitrogen and oxygen atoms in total. The highest BCUT2D eigenvalue weighted by Gasteiger charge is 2.26. The average Bonchev–Trinajstić information content (AvgIpc) is 3.09. The van der Waals surface area contributed by atoms with Crippen LogP contribution < -0.4 is 10.6 Å². The van der Waals surface area contributed by atoms with Crippen LogP contribution in [0.2, 0.25) is 0 Å². The fourth-order valence-corrected chi connectivity index (χ4v) is 3.31. The number of amides is 1. The van der Waals surface area contributed by atoms with Crippen LogP contribution in [0.3, 0.4) is 0 Å². The second-order valence-corrected chi connectivity index (χ2v) is 6.43. The molecule has 1 aromatic heterocycles. The number of benzene rings is 1. The Kier molecular flexibility index (Phi) is 4.40. The second-order valence-electron chi connectivity index (χ2n) is 5.57. The smallest absolute Gasteiger partial charge is 0.251 e. The summed E-state index contributed by atoms with van der Waals surface area (Å²) in [6.07, 6.45) is 2.15. The Labute approximate surface area is 133 Å². The number of aliphatic hydroxyl groups is 1. The standard InChI is InChI=1S/C16H19N3O2S/c1-10-9-22-16(17-10)18-12-7-5-11(6-8-12)15(21)19-13-3-2-4-14(13)20/h5-9,13-14,20H,2-4H2,1H3,(H,17,18)(H,19,21)/t13-,14-/m0/s1. The van der Waals surface area contributed by atoms with Crippen LogP contribution in [0.4, 0.5) is 10.8 Å². The summed E-state index contributed by atoms with van der Waals surface area (Å²) in [5.74, 6) is -0.136. The topological polar surface area (TPSA) is 74.2 Å². The van der Waals surface area contributed by atoms with E-state index in [2.05, 4.69) is 15.6 Å². The molecule has 6 heteroatoms. The highest BCUT2D eigenvalue weighted by molar-refractivity contribution is 7.13. The van der Waals surface area contributed by atoms with Crippen LogP contribution in [0.5, 0.6) is 0 Å². The zero-order valence-corrected chi connectivity index (χ0v) is 13.2. The van der Waals surface area contributed by atoms with E-state index in [-0.39, 0.29) is 11.9 Å². The van der Waals surface area contributed by atoms with E-state index in [1.54, 1.807) is 23.5 Å². The minimum Gasteiger partial charge on any atom is -0.391 e. The van der Waals surface area contributed by atoms with Crippen molar-refractivity contribution >= 4 is 28.1 Å². The molecule has 0 saturated heterocycles. The Hall–Kier alpha value is -1.92. The number of carbonyl (C=O) groups excluding carboxylic acids is 1. The monoisotopic (exact) mass is 317 g/mol. The number of nitrogens with one attached hydrogen (secondary N) is 2. The third-order valence-electron chi connectivity index (χ3n) is 3.81. The highest BCUT2D eigenvalue weighted by Crippen LogP contribution is 2.22. The summed E-state index contributed by atoms with van der Waals surface area (Å²) >= 11 is 1.55. The van der Waals surface area contributed by atoms with E-state index in [0.29, 0.717) is 5.56 Å². The molecule has 0 aliphatic heterocycles. The maximum absolute atomic E-state index is 12.2. The number of hydrogen-bond donors (Lipinski definition) is 3. The molecule has 2 aromatic rings. The molecule has 1 aliphatic carbocycles. The van der Waals surface area contributed by atoms with Crippen LogP contribution in [0, 0.1) is 6.92 Å². The van der Waals surface area contributed by atoms with Gasteiger partial charge in [0.1, 0.15) is 0 Å². The van der Waals surface area contributed by atoms with Gasteiger partial charge in [0.2, 0.25) is 0 Å². The molecule has 1 fully saturated rings. The van der Waals surface area contributed by atoms with Crippen LogP contribution in [0.25, 0.3) is 0 Å². The van der Waals surface area contributed by atoms with Crippen molar-refractivity contribution in [2.75, 3.05) is 5.32 Å². The van der Waals surface area contributed by atoms with Crippen molar-refractivity contribution in [1.29, 1.82) is 0 Å². The van der Waals surface area contributed by atoms with Crippen LogP contribution in [-0.4, -0.2) is 28.1 Å². The predicted molar refractivity (Wildman–Crippen MR) is 87.7 cm³/mol. The number of thiazole rings is 1. The fraction of sp³-hybridized carbons (Fsp3) is 0.375. The molecule has 3 N–H and O–H groups in total.